The van der Waals surface area contributed by atoms with E-state index in [0.717, 1.165) is 6.07 Å². The van der Waals surface area contributed by atoms with Gasteiger partial charge in [0.05, 0.1) is 8.47 Å². The van der Waals surface area contributed by atoms with Crippen LogP contribution in [0.3, 0.4) is 0 Å². The fourth-order valence-electron chi connectivity index (χ4n) is 0.691. The van der Waals surface area contributed by atoms with Gasteiger partial charge in [-0.15, -0.1) is 0 Å². The molecule has 0 aliphatic carbocycles. The minimum Gasteiger partial charge on any atom is -0.207 e. The van der Waals surface area contributed by atoms with Gasteiger partial charge in [0.25, 0.3) is 9.05 Å². The van der Waals surface area contributed by atoms with Crippen LogP contribution < -0.4 is 0 Å². The molecule has 0 fully saturated rings. The van der Waals surface area contributed by atoms with Crippen molar-refractivity contribution in [2.45, 2.75) is 4.90 Å². The van der Waals surface area contributed by atoms with Crippen LogP contribution in [0.25, 0.3) is 0 Å². The van der Waals surface area contributed by atoms with Crippen LogP contribution in [-0.2, 0) is 9.05 Å². The quantitative estimate of drug-likeness (QED) is 0.413. The van der Waals surface area contributed by atoms with Crippen molar-refractivity contribution in [2.75, 3.05) is 0 Å². The lowest BCUT2D eigenvalue weighted by Crippen LogP contribution is -1.95. The van der Waals surface area contributed by atoms with Gasteiger partial charge in [-0.25, -0.2) is 12.8 Å². The summed E-state index contributed by atoms with van der Waals surface area (Å²) in [6, 6.07) is 2.24. The average molecular weight is 399 g/mol. The first-order valence-corrected chi connectivity index (χ1v) is 7.09. The molecule has 72 valence electrons. The monoisotopic (exact) mass is 398 g/mol. The number of halogens is 4. The molecule has 0 radical (unpaired) electrons. The van der Waals surface area contributed by atoms with Crippen LogP contribution in [-0.4, -0.2) is 8.42 Å². The van der Waals surface area contributed by atoms with Gasteiger partial charge in [-0.3, -0.25) is 0 Å². The summed E-state index contributed by atoms with van der Waals surface area (Å²) in [6.45, 7) is 0. The van der Waals surface area contributed by atoms with E-state index in [4.69, 9.17) is 10.7 Å². The van der Waals surface area contributed by atoms with Gasteiger partial charge in [-0.2, -0.15) is 0 Å². The first kappa shape index (κ1) is 11.7. The van der Waals surface area contributed by atoms with Crippen LogP contribution in [0.1, 0.15) is 0 Å². The van der Waals surface area contributed by atoms with Crippen LogP contribution in [0.2, 0.25) is 0 Å². The Morgan fingerprint density at radius 3 is 2.46 bits per heavy atom. The van der Waals surface area contributed by atoms with E-state index >= 15 is 0 Å². The lowest BCUT2D eigenvalue weighted by Gasteiger charge is -2.01. The molecule has 2 nitrogen and oxygen atoms in total. The van der Waals surface area contributed by atoms with E-state index in [9.17, 15) is 12.8 Å². The van der Waals surface area contributed by atoms with E-state index in [1.54, 1.807) is 22.6 Å². The summed E-state index contributed by atoms with van der Waals surface area (Å²) < 4.78 is 35.1. The van der Waals surface area contributed by atoms with Crippen molar-refractivity contribution >= 4 is 58.3 Å². The molecule has 0 unspecified atom stereocenters. The maximum atomic E-state index is 12.9. The number of rotatable bonds is 1. The summed E-state index contributed by atoms with van der Waals surface area (Å²) in [6.07, 6.45) is 0. The Kier molecular flexibility index (Phi) is 3.59. The molecule has 0 saturated heterocycles. The van der Waals surface area contributed by atoms with E-state index < -0.39 is 14.9 Å². The number of hydrogen-bond acceptors (Lipinski definition) is 2. The van der Waals surface area contributed by atoms with Gasteiger partial charge in [0, 0.05) is 15.2 Å². The molecule has 0 spiro atoms. The molecule has 0 atom stereocenters. The predicted octanol–water partition coefficient (Wildman–Crippen LogP) is 3.12. The molecule has 0 heterocycles. The van der Waals surface area contributed by atoms with Crippen molar-refractivity contribution in [3.05, 3.63) is 26.0 Å². The summed E-state index contributed by atoms with van der Waals surface area (Å²) in [5, 5.41) is 0. The topological polar surface area (TPSA) is 34.1 Å². The standard InChI is InChI=1S/C6H2BrClFIO2S/c7-3-1-4(9)5(10)2-6(3)13(8,11)12/h1-2H. The Labute approximate surface area is 101 Å². The molecule has 0 amide bonds. The first-order chi connectivity index (χ1) is 5.82. The number of hydrogen-bond donors (Lipinski definition) is 0. The third-order valence-electron chi connectivity index (χ3n) is 1.24. The molecule has 0 N–H and O–H groups in total. The summed E-state index contributed by atoms with van der Waals surface area (Å²) >= 11 is 4.60. The number of benzene rings is 1. The molecule has 7 heteroatoms. The second-order valence-electron chi connectivity index (χ2n) is 2.13. The van der Waals surface area contributed by atoms with Crippen LogP contribution in [0.5, 0.6) is 0 Å². The second-order valence-corrected chi connectivity index (χ2v) is 6.69. The maximum absolute atomic E-state index is 12.9. The summed E-state index contributed by atoms with van der Waals surface area (Å²) in [5.74, 6) is -0.489. The van der Waals surface area contributed by atoms with Gasteiger partial charge in [-0.1, -0.05) is 0 Å². The van der Waals surface area contributed by atoms with Crippen LogP contribution >= 0.6 is 49.2 Å². The van der Waals surface area contributed by atoms with Crippen LogP contribution in [0, 0.1) is 9.39 Å². The predicted molar refractivity (Wildman–Crippen MR) is 59.9 cm³/mol. The zero-order valence-corrected chi connectivity index (χ0v) is 11.2. The maximum Gasteiger partial charge on any atom is 0.262 e. The van der Waals surface area contributed by atoms with Gasteiger partial charge in [0.2, 0.25) is 0 Å². The van der Waals surface area contributed by atoms with E-state index in [2.05, 4.69) is 15.9 Å². The van der Waals surface area contributed by atoms with Gasteiger partial charge >= 0.3 is 0 Å². The summed E-state index contributed by atoms with van der Waals surface area (Å²) in [7, 11) is 1.29. The molecule has 1 aromatic rings. The van der Waals surface area contributed by atoms with Crippen molar-refractivity contribution in [3.63, 3.8) is 0 Å². The molecule has 0 saturated carbocycles. The van der Waals surface area contributed by atoms with Crippen LogP contribution in [0.4, 0.5) is 4.39 Å². The van der Waals surface area contributed by atoms with E-state index in [1.807, 2.05) is 0 Å². The van der Waals surface area contributed by atoms with Crippen molar-refractivity contribution in [1.82, 2.24) is 0 Å². The van der Waals surface area contributed by atoms with Gasteiger partial charge in [0.1, 0.15) is 5.82 Å². The Balaban J connectivity index is 3.50. The van der Waals surface area contributed by atoms with Gasteiger partial charge < -0.3 is 0 Å². The normalized spacial score (nSPS) is 11.7. The second kappa shape index (κ2) is 4.00. The Hall–Kier alpha value is 0.600. The molecule has 0 aliphatic heterocycles. The average Bonchev–Trinajstić information content (AvgIpc) is 1.94. The van der Waals surface area contributed by atoms with E-state index in [0.29, 0.717) is 0 Å². The third-order valence-corrected chi connectivity index (χ3v) is 4.34. The van der Waals surface area contributed by atoms with E-state index in [1.165, 1.54) is 6.07 Å². The van der Waals surface area contributed by atoms with E-state index in [-0.39, 0.29) is 12.9 Å². The lowest BCUT2D eigenvalue weighted by molar-refractivity contribution is 0.604. The zero-order chi connectivity index (χ0) is 10.2. The van der Waals surface area contributed by atoms with Crippen molar-refractivity contribution < 1.29 is 12.8 Å². The summed E-state index contributed by atoms with van der Waals surface area (Å²) in [5.41, 5.74) is 0. The molecule has 0 aromatic heterocycles. The minimum absolute atomic E-state index is 0.125. The third kappa shape index (κ3) is 2.77. The highest BCUT2D eigenvalue weighted by atomic mass is 127. The smallest absolute Gasteiger partial charge is 0.207 e. The molecule has 1 rings (SSSR count). The minimum atomic E-state index is -3.82. The summed E-state index contributed by atoms with van der Waals surface area (Å²) in [4.78, 5) is -0.125. The Morgan fingerprint density at radius 1 is 1.46 bits per heavy atom. The molecular formula is C6H2BrClFIO2S. The highest BCUT2D eigenvalue weighted by Crippen LogP contribution is 2.28. The SMILES string of the molecule is O=S(=O)(Cl)c1cc(I)c(F)cc1Br. The molecule has 0 aliphatic rings. The Bertz CT molecular complexity index is 448. The van der Waals surface area contributed by atoms with Gasteiger partial charge in [0.15, 0.2) is 0 Å². The molecule has 0 bridgehead atoms. The fraction of sp³-hybridized carbons (Fsp3) is 0. The lowest BCUT2D eigenvalue weighted by atomic mass is 10.3. The highest BCUT2D eigenvalue weighted by Gasteiger charge is 2.16. The van der Waals surface area contributed by atoms with Crippen molar-refractivity contribution in [1.29, 1.82) is 0 Å². The largest absolute Gasteiger partial charge is 0.262 e. The zero-order valence-electron chi connectivity index (χ0n) is 5.89. The fourth-order valence-corrected chi connectivity index (χ4v) is 3.54. The molecule has 1 aromatic carbocycles. The highest BCUT2D eigenvalue weighted by molar-refractivity contribution is 14.1. The first-order valence-electron chi connectivity index (χ1n) is 2.91. The van der Waals surface area contributed by atoms with Gasteiger partial charge in [-0.05, 0) is 50.7 Å². The Morgan fingerprint density at radius 2 is 2.00 bits per heavy atom. The van der Waals surface area contributed by atoms with Crippen molar-refractivity contribution in [3.8, 4) is 0 Å². The molecular weight excluding hydrogens is 397 g/mol. The van der Waals surface area contributed by atoms with Crippen LogP contribution in [0.15, 0.2) is 21.5 Å². The molecule has 13 heavy (non-hydrogen) atoms. The van der Waals surface area contributed by atoms with Crippen molar-refractivity contribution in [2.24, 2.45) is 0 Å².